The molecule has 0 bridgehead atoms. The summed E-state index contributed by atoms with van der Waals surface area (Å²) in [7, 11) is 0. The smallest absolute Gasteiger partial charge is 0.102 e. The first-order valence-electron chi connectivity index (χ1n) is 4.25. The van der Waals surface area contributed by atoms with Crippen LogP contribution in [0.15, 0.2) is 36.4 Å². The van der Waals surface area contributed by atoms with E-state index >= 15 is 0 Å². The molecule has 2 aromatic carbocycles. The zero-order chi connectivity index (χ0) is 9.97. The van der Waals surface area contributed by atoms with E-state index in [1.807, 2.05) is 30.3 Å². The summed E-state index contributed by atoms with van der Waals surface area (Å²) in [5.41, 5.74) is 3.76. The van der Waals surface area contributed by atoms with Gasteiger partial charge >= 0.3 is 0 Å². The third-order valence-corrected chi connectivity index (χ3v) is 2.20. The summed E-state index contributed by atoms with van der Waals surface area (Å²) in [5, 5.41) is 11.0. The van der Waals surface area contributed by atoms with Gasteiger partial charge in [0.15, 0.2) is 0 Å². The summed E-state index contributed by atoms with van der Waals surface area (Å²) < 4.78 is 0. The van der Waals surface area contributed by atoms with E-state index in [0.717, 1.165) is 10.8 Å². The summed E-state index contributed by atoms with van der Waals surface area (Å²) in [4.78, 5) is 0. The molecule has 3 N–H and O–H groups in total. The van der Waals surface area contributed by atoms with Gasteiger partial charge < -0.3 is 5.43 Å². The zero-order valence-corrected chi connectivity index (χ0v) is 7.49. The van der Waals surface area contributed by atoms with Crippen LogP contribution in [0, 0.1) is 11.3 Å². The van der Waals surface area contributed by atoms with Crippen molar-refractivity contribution >= 4 is 16.5 Å². The molecule has 0 saturated heterocycles. The van der Waals surface area contributed by atoms with Gasteiger partial charge in [-0.05, 0) is 11.5 Å². The average Bonchev–Trinajstić information content (AvgIpc) is 2.27. The lowest BCUT2D eigenvalue weighted by Crippen LogP contribution is -2.08. The Morgan fingerprint density at radius 1 is 1.14 bits per heavy atom. The SMILES string of the molecule is N#Cc1c(NN)ccc2ccccc12. The monoisotopic (exact) mass is 183 g/mol. The Kier molecular flexibility index (Phi) is 2.05. The fourth-order valence-electron chi connectivity index (χ4n) is 1.51. The highest BCUT2D eigenvalue weighted by Crippen LogP contribution is 2.24. The van der Waals surface area contributed by atoms with Crippen LogP contribution in [0.2, 0.25) is 0 Å². The number of anilines is 1. The number of benzene rings is 2. The molecule has 0 aliphatic rings. The zero-order valence-electron chi connectivity index (χ0n) is 7.49. The minimum Gasteiger partial charge on any atom is -0.323 e. The molecule has 0 fully saturated rings. The van der Waals surface area contributed by atoms with Crippen molar-refractivity contribution in [2.24, 2.45) is 5.84 Å². The van der Waals surface area contributed by atoms with E-state index in [0.29, 0.717) is 11.3 Å². The van der Waals surface area contributed by atoms with Gasteiger partial charge in [-0.25, -0.2) is 0 Å². The number of nitrogens with two attached hydrogens (primary N) is 1. The van der Waals surface area contributed by atoms with Gasteiger partial charge in [0, 0.05) is 5.39 Å². The molecule has 0 amide bonds. The maximum atomic E-state index is 9.00. The minimum absolute atomic E-state index is 0.589. The van der Waals surface area contributed by atoms with E-state index in [4.69, 9.17) is 11.1 Å². The molecule has 2 rings (SSSR count). The van der Waals surface area contributed by atoms with Crippen molar-refractivity contribution in [3.05, 3.63) is 42.0 Å². The van der Waals surface area contributed by atoms with E-state index in [9.17, 15) is 0 Å². The molecule has 3 nitrogen and oxygen atoms in total. The van der Waals surface area contributed by atoms with Crippen LogP contribution < -0.4 is 11.3 Å². The van der Waals surface area contributed by atoms with Crippen LogP contribution >= 0.6 is 0 Å². The van der Waals surface area contributed by atoms with Gasteiger partial charge in [0.2, 0.25) is 0 Å². The van der Waals surface area contributed by atoms with Gasteiger partial charge in [0.1, 0.15) is 6.07 Å². The highest BCUT2D eigenvalue weighted by molar-refractivity contribution is 5.92. The van der Waals surface area contributed by atoms with Crippen molar-refractivity contribution in [1.29, 1.82) is 5.26 Å². The van der Waals surface area contributed by atoms with E-state index < -0.39 is 0 Å². The Hall–Kier alpha value is -2.05. The number of rotatable bonds is 1. The average molecular weight is 183 g/mol. The molecule has 0 aromatic heterocycles. The summed E-state index contributed by atoms with van der Waals surface area (Å²) in [6.07, 6.45) is 0. The lowest BCUT2D eigenvalue weighted by Gasteiger charge is -2.05. The molecular formula is C11H9N3. The largest absolute Gasteiger partial charge is 0.323 e. The number of hydrogen-bond acceptors (Lipinski definition) is 3. The quantitative estimate of drug-likeness (QED) is 0.525. The Morgan fingerprint density at radius 3 is 2.64 bits per heavy atom. The van der Waals surface area contributed by atoms with Crippen molar-refractivity contribution in [2.75, 3.05) is 5.43 Å². The highest BCUT2D eigenvalue weighted by Gasteiger charge is 2.04. The lowest BCUT2D eigenvalue weighted by atomic mass is 10.0. The lowest BCUT2D eigenvalue weighted by molar-refractivity contribution is 1.34. The minimum atomic E-state index is 0.589. The topological polar surface area (TPSA) is 61.8 Å². The second-order valence-electron chi connectivity index (χ2n) is 2.97. The molecule has 0 spiro atoms. The number of nitrogens with zero attached hydrogens (tertiary/aromatic N) is 1. The van der Waals surface area contributed by atoms with Gasteiger partial charge in [-0.3, -0.25) is 5.84 Å². The van der Waals surface area contributed by atoms with Gasteiger partial charge in [0.05, 0.1) is 11.3 Å². The fraction of sp³-hybridized carbons (Fsp3) is 0. The second kappa shape index (κ2) is 3.36. The number of hydrazine groups is 1. The third-order valence-electron chi connectivity index (χ3n) is 2.20. The van der Waals surface area contributed by atoms with Crippen molar-refractivity contribution < 1.29 is 0 Å². The highest BCUT2D eigenvalue weighted by atomic mass is 15.2. The Labute approximate surface area is 81.7 Å². The third kappa shape index (κ3) is 1.18. The predicted octanol–water partition coefficient (Wildman–Crippen LogP) is 2.00. The molecular weight excluding hydrogens is 174 g/mol. The number of nitrogens with one attached hydrogen (secondary N) is 1. The van der Waals surface area contributed by atoms with Crippen LogP contribution in [0.1, 0.15) is 5.56 Å². The van der Waals surface area contributed by atoms with Gasteiger partial charge in [-0.2, -0.15) is 5.26 Å². The van der Waals surface area contributed by atoms with Crippen molar-refractivity contribution in [3.8, 4) is 6.07 Å². The van der Waals surface area contributed by atoms with Crippen LogP contribution in [-0.2, 0) is 0 Å². The maximum Gasteiger partial charge on any atom is 0.102 e. The van der Waals surface area contributed by atoms with Crippen molar-refractivity contribution in [1.82, 2.24) is 0 Å². The van der Waals surface area contributed by atoms with E-state index in [2.05, 4.69) is 11.5 Å². The van der Waals surface area contributed by atoms with E-state index in [1.54, 1.807) is 6.07 Å². The molecule has 0 saturated carbocycles. The van der Waals surface area contributed by atoms with E-state index in [1.165, 1.54) is 0 Å². The van der Waals surface area contributed by atoms with Crippen LogP contribution in [0.5, 0.6) is 0 Å². The standard InChI is InChI=1S/C11H9N3/c12-7-10-9-4-2-1-3-8(9)5-6-11(10)14-13/h1-6,14H,13H2. The molecule has 0 aliphatic heterocycles. The van der Waals surface area contributed by atoms with Crippen molar-refractivity contribution in [2.45, 2.75) is 0 Å². The first-order valence-corrected chi connectivity index (χ1v) is 4.25. The first kappa shape index (κ1) is 8.54. The first-order chi connectivity index (χ1) is 6.86. The summed E-state index contributed by atoms with van der Waals surface area (Å²) in [5.74, 6) is 5.32. The van der Waals surface area contributed by atoms with Crippen LogP contribution in [-0.4, -0.2) is 0 Å². The van der Waals surface area contributed by atoms with Gasteiger partial charge in [-0.15, -0.1) is 0 Å². The molecule has 3 heteroatoms. The summed E-state index contributed by atoms with van der Waals surface area (Å²) >= 11 is 0. The molecule has 0 heterocycles. The Morgan fingerprint density at radius 2 is 1.93 bits per heavy atom. The van der Waals surface area contributed by atoms with Crippen molar-refractivity contribution in [3.63, 3.8) is 0 Å². The molecule has 68 valence electrons. The number of hydrogen-bond donors (Lipinski definition) is 2. The molecule has 14 heavy (non-hydrogen) atoms. The number of fused-ring (bicyclic) bond motifs is 1. The predicted molar refractivity (Wildman–Crippen MR) is 56.5 cm³/mol. The molecule has 0 atom stereocenters. The Balaban J connectivity index is 2.85. The van der Waals surface area contributed by atoms with E-state index in [-0.39, 0.29) is 0 Å². The molecule has 2 aromatic rings. The molecule has 0 radical (unpaired) electrons. The summed E-state index contributed by atoms with van der Waals surface area (Å²) in [6, 6.07) is 13.6. The fourth-order valence-corrected chi connectivity index (χ4v) is 1.51. The Bertz CT molecular complexity index is 511. The van der Waals surface area contributed by atoms with Gasteiger partial charge in [0.25, 0.3) is 0 Å². The van der Waals surface area contributed by atoms with Crippen LogP contribution in [0.25, 0.3) is 10.8 Å². The molecule has 0 aliphatic carbocycles. The second-order valence-corrected chi connectivity index (χ2v) is 2.97. The molecule has 0 unspecified atom stereocenters. The summed E-state index contributed by atoms with van der Waals surface area (Å²) in [6.45, 7) is 0. The number of nitriles is 1. The number of nitrogen functional groups attached to an aromatic ring is 1. The maximum absolute atomic E-state index is 9.00. The normalized spacial score (nSPS) is 9.71. The van der Waals surface area contributed by atoms with Crippen LogP contribution in [0.4, 0.5) is 5.69 Å². The van der Waals surface area contributed by atoms with Crippen LogP contribution in [0.3, 0.4) is 0 Å². The van der Waals surface area contributed by atoms with Gasteiger partial charge in [-0.1, -0.05) is 30.3 Å².